The SMILES string of the molecule is C=C[C@@H]1CCC=C[C@H]1O. The first-order chi connectivity index (χ1) is 4.34. The summed E-state index contributed by atoms with van der Waals surface area (Å²) < 4.78 is 0. The van der Waals surface area contributed by atoms with E-state index >= 15 is 0 Å². The van der Waals surface area contributed by atoms with E-state index in [4.69, 9.17) is 0 Å². The summed E-state index contributed by atoms with van der Waals surface area (Å²) in [6, 6.07) is 0. The number of hydrogen-bond acceptors (Lipinski definition) is 1. The van der Waals surface area contributed by atoms with Gasteiger partial charge < -0.3 is 5.11 Å². The van der Waals surface area contributed by atoms with Crippen molar-refractivity contribution < 1.29 is 5.11 Å². The number of aliphatic hydroxyl groups is 1. The molecule has 2 atom stereocenters. The topological polar surface area (TPSA) is 20.2 Å². The third kappa shape index (κ3) is 1.42. The molecule has 0 aromatic heterocycles. The summed E-state index contributed by atoms with van der Waals surface area (Å²) in [5.74, 6) is 0.287. The lowest BCUT2D eigenvalue weighted by molar-refractivity contribution is 0.166. The highest BCUT2D eigenvalue weighted by molar-refractivity contribution is 5.02. The smallest absolute Gasteiger partial charge is 0.0783 e. The van der Waals surface area contributed by atoms with Gasteiger partial charge in [0.15, 0.2) is 0 Å². The molecule has 1 aliphatic rings. The second-order valence-electron chi connectivity index (χ2n) is 2.40. The van der Waals surface area contributed by atoms with Gasteiger partial charge in [-0.2, -0.15) is 0 Å². The summed E-state index contributed by atoms with van der Waals surface area (Å²) >= 11 is 0. The summed E-state index contributed by atoms with van der Waals surface area (Å²) in [5.41, 5.74) is 0. The molecule has 0 radical (unpaired) electrons. The molecule has 0 spiro atoms. The fourth-order valence-electron chi connectivity index (χ4n) is 1.10. The van der Waals surface area contributed by atoms with Gasteiger partial charge in [0.05, 0.1) is 6.10 Å². The lowest BCUT2D eigenvalue weighted by atomic mass is 9.92. The molecule has 0 bridgehead atoms. The Bertz CT molecular complexity index is 127. The molecule has 0 aromatic carbocycles. The maximum absolute atomic E-state index is 9.21. The number of hydrogen-bond donors (Lipinski definition) is 1. The van der Waals surface area contributed by atoms with E-state index in [-0.39, 0.29) is 12.0 Å². The molecule has 1 nitrogen and oxygen atoms in total. The molecule has 1 heteroatoms. The Morgan fingerprint density at radius 2 is 2.44 bits per heavy atom. The van der Waals surface area contributed by atoms with Crippen LogP contribution >= 0.6 is 0 Å². The van der Waals surface area contributed by atoms with Crippen molar-refractivity contribution in [2.45, 2.75) is 18.9 Å². The lowest BCUT2D eigenvalue weighted by Crippen LogP contribution is -2.17. The Labute approximate surface area is 55.7 Å². The number of allylic oxidation sites excluding steroid dienone is 1. The van der Waals surface area contributed by atoms with Crippen LogP contribution in [-0.2, 0) is 0 Å². The van der Waals surface area contributed by atoms with Crippen molar-refractivity contribution >= 4 is 0 Å². The summed E-state index contributed by atoms with van der Waals surface area (Å²) in [6.45, 7) is 3.64. The van der Waals surface area contributed by atoms with Gasteiger partial charge in [0, 0.05) is 5.92 Å². The van der Waals surface area contributed by atoms with E-state index in [1.807, 2.05) is 18.2 Å². The molecule has 0 fully saturated rings. The molecular formula is C8H12O. The van der Waals surface area contributed by atoms with Crippen molar-refractivity contribution in [3.8, 4) is 0 Å². The van der Waals surface area contributed by atoms with E-state index in [0.717, 1.165) is 12.8 Å². The summed E-state index contributed by atoms with van der Waals surface area (Å²) in [4.78, 5) is 0. The van der Waals surface area contributed by atoms with Crippen LogP contribution in [0, 0.1) is 5.92 Å². The molecule has 0 aliphatic heterocycles. The Kier molecular flexibility index (Phi) is 2.06. The average Bonchev–Trinajstić information content (AvgIpc) is 1.89. The molecule has 0 saturated heterocycles. The normalized spacial score (nSPS) is 34.3. The first-order valence-corrected chi connectivity index (χ1v) is 3.32. The Morgan fingerprint density at radius 1 is 1.67 bits per heavy atom. The fourth-order valence-corrected chi connectivity index (χ4v) is 1.10. The van der Waals surface area contributed by atoms with Crippen LogP contribution < -0.4 is 0 Å². The van der Waals surface area contributed by atoms with Crippen molar-refractivity contribution in [1.29, 1.82) is 0 Å². The predicted octanol–water partition coefficient (Wildman–Crippen LogP) is 1.50. The molecule has 0 saturated carbocycles. The van der Waals surface area contributed by atoms with Crippen molar-refractivity contribution in [2.75, 3.05) is 0 Å². The molecule has 50 valence electrons. The minimum Gasteiger partial charge on any atom is -0.388 e. The highest BCUT2D eigenvalue weighted by atomic mass is 16.3. The monoisotopic (exact) mass is 124 g/mol. The zero-order valence-corrected chi connectivity index (χ0v) is 5.46. The lowest BCUT2D eigenvalue weighted by Gasteiger charge is -2.18. The van der Waals surface area contributed by atoms with Gasteiger partial charge in [-0.3, -0.25) is 0 Å². The molecule has 0 amide bonds. The van der Waals surface area contributed by atoms with Crippen LogP contribution in [0.25, 0.3) is 0 Å². The van der Waals surface area contributed by atoms with Crippen LogP contribution in [-0.4, -0.2) is 11.2 Å². The van der Waals surface area contributed by atoms with E-state index in [0.29, 0.717) is 0 Å². The number of rotatable bonds is 1. The van der Waals surface area contributed by atoms with Crippen LogP contribution in [0.15, 0.2) is 24.8 Å². The van der Waals surface area contributed by atoms with Gasteiger partial charge in [0.1, 0.15) is 0 Å². The second-order valence-corrected chi connectivity index (χ2v) is 2.40. The van der Waals surface area contributed by atoms with Gasteiger partial charge in [-0.15, -0.1) is 6.58 Å². The van der Waals surface area contributed by atoms with Gasteiger partial charge in [-0.05, 0) is 12.8 Å². The molecule has 0 aromatic rings. The fraction of sp³-hybridized carbons (Fsp3) is 0.500. The third-order valence-electron chi connectivity index (χ3n) is 1.74. The van der Waals surface area contributed by atoms with E-state index in [1.54, 1.807) is 0 Å². The highest BCUT2D eigenvalue weighted by Crippen LogP contribution is 2.18. The van der Waals surface area contributed by atoms with Crippen molar-refractivity contribution in [3.05, 3.63) is 24.8 Å². The largest absolute Gasteiger partial charge is 0.388 e. The molecule has 1 rings (SSSR count). The van der Waals surface area contributed by atoms with Crippen molar-refractivity contribution in [1.82, 2.24) is 0 Å². The van der Waals surface area contributed by atoms with Crippen molar-refractivity contribution in [2.24, 2.45) is 5.92 Å². The first kappa shape index (κ1) is 6.56. The van der Waals surface area contributed by atoms with Gasteiger partial charge in [0.25, 0.3) is 0 Å². The van der Waals surface area contributed by atoms with Crippen LogP contribution in [0.2, 0.25) is 0 Å². The quantitative estimate of drug-likeness (QED) is 0.525. The molecule has 1 aliphatic carbocycles. The average molecular weight is 124 g/mol. The Morgan fingerprint density at radius 3 is 2.89 bits per heavy atom. The summed E-state index contributed by atoms with van der Waals surface area (Å²) in [5, 5.41) is 9.21. The molecular weight excluding hydrogens is 112 g/mol. The maximum atomic E-state index is 9.21. The standard InChI is InChI=1S/C8H12O/c1-2-7-5-3-4-6-8(7)9/h2,4,6-9H,1,3,5H2/t7-,8-/m1/s1. The zero-order chi connectivity index (χ0) is 6.69. The molecule has 0 heterocycles. The van der Waals surface area contributed by atoms with Crippen molar-refractivity contribution in [3.63, 3.8) is 0 Å². The van der Waals surface area contributed by atoms with E-state index in [2.05, 4.69) is 6.58 Å². The van der Waals surface area contributed by atoms with Gasteiger partial charge in [0.2, 0.25) is 0 Å². The minimum absolute atomic E-state index is 0.281. The van der Waals surface area contributed by atoms with Gasteiger partial charge in [-0.1, -0.05) is 18.2 Å². The zero-order valence-electron chi connectivity index (χ0n) is 5.46. The Balaban J connectivity index is 2.54. The van der Waals surface area contributed by atoms with Crippen LogP contribution in [0.3, 0.4) is 0 Å². The second kappa shape index (κ2) is 2.83. The minimum atomic E-state index is -0.281. The van der Waals surface area contributed by atoms with Crippen LogP contribution in [0.4, 0.5) is 0 Å². The summed E-state index contributed by atoms with van der Waals surface area (Å²) in [7, 11) is 0. The molecule has 1 N–H and O–H groups in total. The van der Waals surface area contributed by atoms with Gasteiger partial charge >= 0.3 is 0 Å². The Hall–Kier alpha value is -0.560. The summed E-state index contributed by atoms with van der Waals surface area (Å²) in [6.07, 6.45) is 7.53. The van der Waals surface area contributed by atoms with E-state index in [1.165, 1.54) is 0 Å². The number of aliphatic hydroxyl groups excluding tert-OH is 1. The van der Waals surface area contributed by atoms with Gasteiger partial charge in [-0.25, -0.2) is 0 Å². The van der Waals surface area contributed by atoms with Crippen LogP contribution in [0.1, 0.15) is 12.8 Å². The van der Waals surface area contributed by atoms with Crippen LogP contribution in [0.5, 0.6) is 0 Å². The third-order valence-corrected chi connectivity index (χ3v) is 1.74. The molecule has 9 heavy (non-hydrogen) atoms. The molecule has 0 unspecified atom stereocenters. The van der Waals surface area contributed by atoms with E-state index < -0.39 is 0 Å². The maximum Gasteiger partial charge on any atom is 0.0783 e. The highest BCUT2D eigenvalue weighted by Gasteiger charge is 2.14. The van der Waals surface area contributed by atoms with E-state index in [9.17, 15) is 5.11 Å². The predicted molar refractivity (Wildman–Crippen MR) is 38.1 cm³/mol. The first-order valence-electron chi connectivity index (χ1n) is 3.32.